The van der Waals surface area contributed by atoms with Crippen LogP contribution in [0.15, 0.2) is 17.3 Å². The molecule has 2 heterocycles. The first kappa shape index (κ1) is 14.5. The van der Waals surface area contributed by atoms with Crippen molar-refractivity contribution in [1.29, 1.82) is 0 Å². The van der Waals surface area contributed by atoms with Crippen LogP contribution in [0, 0.1) is 11.8 Å². The van der Waals surface area contributed by atoms with Gasteiger partial charge in [-0.25, -0.2) is 8.42 Å². The largest absolute Gasteiger partial charge is 0.394 e. The second-order valence-electron chi connectivity index (χ2n) is 5.43. The van der Waals surface area contributed by atoms with Crippen molar-refractivity contribution in [3.63, 3.8) is 0 Å². The van der Waals surface area contributed by atoms with Crippen molar-refractivity contribution in [2.75, 3.05) is 19.7 Å². The van der Waals surface area contributed by atoms with Gasteiger partial charge in [0.15, 0.2) is 0 Å². The van der Waals surface area contributed by atoms with Gasteiger partial charge in [-0.15, -0.1) is 0 Å². The monoisotopic (exact) mass is 287 g/mol. The number of piperidine rings is 1. The number of aromatic nitrogens is 2. The Morgan fingerprint density at radius 2 is 2.00 bits per heavy atom. The predicted octanol–water partition coefficient (Wildman–Crippen LogP) is 0.542. The van der Waals surface area contributed by atoms with E-state index in [1.165, 1.54) is 17.1 Å². The van der Waals surface area contributed by atoms with Gasteiger partial charge in [0.05, 0.1) is 19.3 Å². The molecule has 7 heteroatoms. The highest BCUT2D eigenvalue weighted by molar-refractivity contribution is 7.89. The van der Waals surface area contributed by atoms with Gasteiger partial charge in [-0.3, -0.25) is 4.68 Å². The normalized spacial score (nSPS) is 25.6. The van der Waals surface area contributed by atoms with Gasteiger partial charge in [-0.05, 0) is 18.3 Å². The van der Waals surface area contributed by atoms with Gasteiger partial charge in [-0.2, -0.15) is 9.40 Å². The van der Waals surface area contributed by atoms with E-state index in [0.29, 0.717) is 31.5 Å². The van der Waals surface area contributed by atoms with Crippen LogP contribution >= 0.6 is 0 Å². The van der Waals surface area contributed by atoms with Gasteiger partial charge in [-0.1, -0.05) is 13.8 Å². The number of hydrogen-bond donors (Lipinski definition) is 1. The summed E-state index contributed by atoms with van der Waals surface area (Å²) in [5.74, 6) is 0.761. The molecule has 0 amide bonds. The quantitative estimate of drug-likeness (QED) is 0.877. The van der Waals surface area contributed by atoms with Crippen molar-refractivity contribution in [2.24, 2.45) is 11.8 Å². The number of aliphatic hydroxyl groups is 1. The van der Waals surface area contributed by atoms with Crippen molar-refractivity contribution < 1.29 is 13.5 Å². The molecule has 1 fully saturated rings. The second kappa shape index (κ2) is 5.60. The molecule has 0 aromatic carbocycles. The minimum absolute atomic E-state index is 0.0566. The van der Waals surface area contributed by atoms with E-state index in [-0.39, 0.29) is 11.5 Å². The molecule has 0 spiro atoms. The third-order valence-corrected chi connectivity index (χ3v) is 5.20. The maximum atomic E-state index is 12.5. The zero-order valence-corrected chi connectivity index (χ0v) is 12.2. The molecule has 2 rings (SSSR count). The number of sulfonamides is 1. The molecule has 0 radical (unpaired) electrons. The van der Waals surface area contributed by atoms with E-state index < -0.39 is 10.0 Å². The van der Waals surface area contributed by atoms with E-state index in [2.05, 4.69) is 18.9 Å². The average molecular weight is 287 g/mol. The summed E-state index contributed by atoms with van der Waals surface area (Å²) in [6, 6.07) is 0. The molecule has 1 aliphatic rings. The molecule has 1 aromatic rings. The standard InChI is InChI=1S/C12H21N3O3S/c1-10-5-11(2)8-15(7-10)19(17,18)12-6-13-14(9-12)3-4-16/h6,9-11,16H,3-5,7-8H2,1-2H3. The lowest BCUT2D eigenvalue weighted by molar-refractivity contribution is 0.222. The molecule has 6 nitrogen and oxygen atoms in total. The molecule has 19 heavy (non-hydrogen) atoms. The Hall–Kier alpha value is -0.920. The smallest absolute Gasteiger partial charge is 0.246 e. The summed E-state index contributed by atoms with van der Waals surface area (Å²) in [6.07, 6.45) is 3.90. The number of hydrogen-bond acceptors (Lipinski definition) is 4. The first-order chi connectivity index (χ1) is 8.93. The lowest BCUT2D eigenvalue weighted by Crippen LogP contribution is -2.42. The Kier molecular flexibility index (Phi) is 4.27. The Morgan fingerprint density at radius 1 is 1.37 bits per heavy atom. The zero-order chi connectivity index (χ0) is 14.0. The molecular weight excluding hydrogens is 266 g/mol. The Balaban J connectivity index is 2.20. The Morgan fingerprint density at radius 3 is 2.58 bits per heavy atom. The van der Waals surface area contributed by atoms with Crippen LogP contribution in [-0.2, 0) is 16.6 Å². The van der Waals surface area contributed by atoms with Crippen LogP contribution in [0.2, 0.25) is 0 Å². The summed E-state index contributed by atoms with van der Waals surface area (Å²) in [5.41, 5.74) is 0. The summed E-state index contributed by atoms with van der Waals surface area (Å²) in [5, 5.41) is 12.8. The summed E-state index contributed by atoms with van der Waals surface area (Å²) in [7, 11) is -3.46. The third kappa shape index (κ3) is 3.16. The molecule has 0 saturated carbocycles. The van der Waals surface area contributed by atoms with E-state index in [0.717, 1.165) is 6.42 Å². The van der Waals surface area contributed by atoms with Crippen molar-refractivity contribution in [3.05, 3.63) is 12.4 Å². The summed E-state index contributed by atoms with van der Waals surface area (Å²) < 4.78 is 28.0. The van der Waals surface area contributed by atoms with Gasteiger partial charge < -0.3 is 5.11 Å². The van der Waals surface area contributed by atoms with Gasteiger partial charge >= 0.3 is 0 Å². The fraction of sp³-hybridized carbons (Fsp3) is 0.750. The minimum Gasteiger partial charge on any atom is -0.394 e. The Labute approximate surface area is 114 Å². The number of aliphatic hydroxyl groups excluding tert-OH is 1. The molecule has 0 bridgehead atoms. The van der Waals surface area contributed by atoms with Crippen LogP contribution in [0.5, 0.6) is 0 Å². The van der Waals surface area contributed by atoms with Crippen molar-refractivity contribution in [3.8, 4) is 0 Å². The molecule has 1 N–H and O–H groups in total. The van der Waals surface area contributed by atoms with E-state index >= 15 is 0 Å². The summed E-state index contributed by atoms with van der Waals surface area (Å²) in [6.45, 7) is 5.54. The van der Waals surface area contributed by atoms with E-state index in [1.54, 1.807) is 4.31 Å². The first-order valence-electron chi connectivity index (χ1n) is 6.57. The Bertz CT molecular complexity index is 516. The van der Waals surface area contributed by atoms with E-state index in [4.69, 9.17) is 5.11 Å². The second-order valence-corrected chi connectivity index (χ2v) is 7.37. The van der Waals surface area contributed by atoms with Crippen molar-refractivity contribution in [1.82, 2.24) is 14.1 Å². The molecule has 2 atom stereocenters. The highest BCUT2D eigenvalue weighted by Crippen LogP contribution is 2.26. The number of rotatable bonds is 4. The van der Waals surface area contributed by atoms with Crippen LogP contribution in [0.4, 0.5) is 0 Å². The first-order valence-corrected chi connectivity index (χ1v) is 8.01. The average Bonchev–Trinajstić information content (AvgIpc) is 2.77. The zero-order valence-electron chi connectivity index (χ0n) is 11.4. The molecule has 108 valence electrons. The van der Waals surface area contributed by atoms with Gasteiger partial charge in [0.25, 0.3) is 0 Å². The summed E-state index contributed by atoms with van der Waals surface area (Å²) >= 11 is 0. The molecular formula is C12H21N3O3S. The molecule has 1 aromatic heterocycles. The highest BCUT2D eigenvalue weighted by Gasteiger charge is 2.32. The predicted molar refractivity (Wildman–Crippen MR) is 71.0 cm³/mol. The maximum Gasteiger partial charge on any atom is 0.246 e. The molecule has 1 saturated heterocycles. The lowest BCUT2D eigenvalue weighted by Gasteiger charge is -2.33. The van der Waals surface area contributed by atoms with E-state index in [9.17, 15) is 8.42 Å². The van der Waals surface area contributed by atoms with Crippen LogP contribution in [0.3, 0.4) is 0 Å². The van der Waals surface area contributed by atoms with Gasteiger partial charge in [0, 0.05) is 19.3 Å². The summed E-state index contributed by atoms with van der Waals surface area (Å²) in [4.78, 5) is 0.210. The SMILES string of the molecule is CC1CC(C)CN(S(=O)(=O)c2cnn(CCO)c2)C1. The van der Waals surface area contributed by atoms with E-state index in [1.807, 2.05) is 0 Å². The highest BCUT2D eigenvalue weighted by atomic mass is 32.2. The van der Waals surface area contributed by atoms with Gasteiger partial charge in [0.1, 0.15) is 4.90 Å². The van der Waals surface area contributed by atoms with Crippen molar-refractivity contribution in [2.45, 2.75) is 31.7 Å². The van der Waals surface area contributed by atoms with Gasteiger partial charge in [0.2, 0.25) is 10.0 Å². The minimum atomic E-state index is -3.46. The van der Waals surface area contributed by atoms with Crippen LogP contribution in [0.25, 0.3) is 0 Å². The molecule has 1 aliphatic heterocycles. The van der Waals surface area contributed by atoms with Crippen LogP contribution in [0.1, 0.15) is 20.3 Å². The fourth-order valence-corrected chi connectivity index (χ4v) is 4.29. The van der Waals surface area contributed by atoms with Crippen molar-refractivity contribution >= 4 is 10.0 Å². The van der Waals surface area contributed by atoms with Crippen LogP contribution < -0.4 is 0 Å². The molecule has 2 unspecified atom stereocenters. The topological polar surface area (TPSA) is 75.4 Å². The fourth-order valence-electron chi connectivity index (χ4n) is 2.65. The third-order valence-electron chi connectivity index (χ3n) is 3.41. The number of nitrogens with zero attached hydrogens (tertiary/aromatic N) is 3. The molecule has 0 aliphatic carbocycles. The lowest BCUT2D eigenvalue weighted by atomic mass is 9.94. The maximum absolute atomic E-state index is 12.5. The van der Waals surface area contributed by atoms with Crippen LogP contribution in [-0.4, -0.2) is 47.3 Å².